The molecule has 0 aromatic rings. The van der Waals surface area contributed by atoms with Crippen molar-refractivity contribution in [3.05, 3.63) is 0 Å². The highest BCUT2D eigenvalue weighted by Crippen LogP contribution is 2.63. The van der Waals surface area contributed by atoms with E-state index in [1.54, 1.807) is 41.5 Å². The molecule has 0 aromatic heterocycles. The molecule has 13 unspecified atom stereocenters. The number of hydrogen-bond acceptors (Lipinski definition) is 14. The van der Waals surface area contributed by atoms with Crippen molar-refractivity contribution in [2.45, 2.75) is 172 Å². The van der Waals surface area contributed by atoms with Crippen LogP contribution < -0.4 is 0 Å². The van der Waals surface area contributed by atoms with Crippen molar-refractivity contribution < 1.29 is 69.3 Å². The van der Waals surface area contributed by atoms with Crippen LogP contribution in [-0.2, 0) is 28.4 Å². The normalized spacial score (nSPS) is 54.4. The molecule has 0 spiro atoms. The maximum atomic E-state index is 12.4. The van der Waals surface area contributed by atoms with Gasteiger partial charge >= 0.3 is 0 Å². The first-order chi connectivity index (χ1) is 22.5. The van der Waals surface area contributed by atoms with Gasteiger partial charge in [0.25, 0.3) is 0 Å². The molecule has 3 aliphatic rings. The lowest BCUT2D eigenvalue weighted by Gasteiger charge is -2.69. The van der Waals surface area contributed by atoms with Crippen LogP contribution in [0.5, 0.6) is 0 Å². The zero-order valence-electron chi connectivity index (χ0n) is 33.9. The Hall–Kier alpha value is -0.560. The van der Waals surface area contributed by atoms with Gasteiger partial charge in [-0.05, 0) is 69.2 Å². The first kappa shape index (κ1) is 44.8. The molecule has 51 heavy (non-hydrogen) atoms. The lowest BCUT2D eigenvalue weighted by molar-refractivity contribution is -0.415. The van der Waals surface area contributed by atoms with Crippen molar-refractivity contribution in [1.82, 2.24) is 0 Å². The second-order valence-corrected chi connectivity index (χ2v) is 18.9. The molecule has 3 saturated heterocycles. The molecular formula is C37H70O14. The molecule has 0 aliphatic carbocycles. The van der Waals surface area contributed by atoms with E-state index in [1.807, 2.05) is 27.7 Å². The van der Waals surface area contributed by atoms with Crippen molar-refractivity contribution in [2.24, 2.45) is 16.2 Å². The van der Waals surface area contributed by atoms with Crippen molar-refractivity contribution in [1.29, 1.82) is 0 Å². The Labute approximate surface area is 304 Å². The lowest BCUT2D eigenvalue weighted by atomic mass is 9.49. The maximum Gasteiger partial charge on any atom is 0.189 e. The molecule has 14 nitrogen and oxygen atoms in total. The van der Waals surface area contributed by atoms with Gasteiger partial charge < -0.3 is 69.3 Å². The van der Waals surface area contributed by atoms with Crippen LogP contribution in [0.2, 0.25) is 0 Å². The highest BCUT2D eigenvalue weighted by atomic mass is 16.7. The topological polar surface area (TPSA) is 217 Å². The van der Waals surface area contributed by atoms with E-state index in [4.69, 9.17) is 28.4 Å². The quantitative estimate of drug-likeness (QED) is 0.149. The van der Waals surface area contributed by atoms with E-state index in [9.17, 15) is 40.9 Å². The van der Waals surface area contributed by atoms with Gasteiger partial charge in [0.05, 0.1) is 67.5 Å². The van der Waals surface area contributed by atoms with E-state index in [0.717, 1.165) is 0 Å². The van der Waals surface area contributed by atoms with Crippen LogP contribution >= 0.6 is 0 Å². The fourth-order valence-corrected chi connectivity index (χ4v) is 8.74. The average Bonchev–Trinajstić information content (AvgIpc) is 2.99. The SMILES string of the molecule is COCC1(C)OC(C)(CO)C(C)(COCC2(C)OC(C)(COC3OC(C)(CO)C(O)C(C)(O)C3(C)O)C(C)(C)C(C)(O)C2(C)C)C(C)(O)C1(C)O. The van der Waals surface area contributed by atoms with Gasteiger partial charge in [0, 0.05) is 17.9 Å². The van der Waals surface area contributed by atoms with Gasteiger partial charge in [-0.2, -0.15) is 0 Å². The summed E-state index contributed by atoms with van der Waals surface area (Å²) in [5.41, 5.74) is -20.1. The molecule has 0 amide bonds. The number of rotatable bonds is 11. The Morgan fingerprint density at radius 3 is 1.45 bits per heavy atom. The predicted octanol–water partition coefficient (Wildman–Crippen LogP) is 1.04. The number of hydrogen-bond donors (Lipinski definition) is 8. The van der Waals surface area contributed by atoms with E-state index >= 15 is 0 Å². The Morgan fingerprint density at radius 2 is 1.00 bits per heavy atom. The van der Waals surface area contributed by atoms with Gasteiger partial charge in [0.15, 0.2) is 6.29 Å². The Bertz CT molecular complexity index is 1280. The second-order valence-electron chi connectivity index (χ2n) is 18.9. The van der Waals surface area contributed by atoms with E-state index in [0.29, 0.717) is 0 Å². The van der Waals surface area contributed by atoms with Gasteiger partial charge in [0.1, 0.15) is 39.7 Å². The van der Waals surface area contributed by atoms with Crippen molar-refractivity contribution >= 4 is 0 Å². The van der Waals surface area contributed by atoms with Gasteiger partial charge in [-0.3, -0.25) is 0 Å². The van der Waals surface area contributed by atoms with Crippen molar-refractivity contribution in [3.63, 3.8) is 0 Å². The number of aliphatic hydroxyl groups excluding tert-OH is 3. The predicted molar refractivity (Wildman–Crippen MR) is 187 cm³/mol. The standard InChI is InChI=1S/C37H70O14/c1-25(2)30(8,21-47-19-28(6)29(7,18-39)50-32(10,20-46-16)37(15,45)36(28,14)44)51-31(9,26(3,4)35(25,13)43)22-48-24-34(12,42)33(11,41)23(40)27(5,17-38)49-24/h23-24,38-45H,17-22H2,1-16H3. The zero-order chi connectivity index (χ0) is 40.1. The summed E-state index contributed by atoms with van der Waals surface area (Å²) in [5.74, 6) is 0. The Balaban J connectivity index is 2.00. The van der Waals surface area contributed by atoms with E-state index in [2.05, 4.69) is 0 Å². The molecule has 0 aromatic carbocycles. The summed E-state index contributed by atoms with van der Waals surface area (Å²) in [7, 11) is 1.46. The van der Waals surface area contributed by atoms with Crippen molar-refractivity contribution in [3.8, 4) is 0 Å². The minimum atomic E-state index is -2.15. The summed E-state index contributed by atoms with van der Waals surface area (Å²) >= 11 is 0. The Kier molecular flexibility index (Phi) is 11.2. The third-order valence-corrected chi connectivity index (χ3v) is 15.5. The molecule has 13 atom stereocenters. The molecule has 0 saturated carbocycles. The highest BCUT2D eigenvalue weighted by Gasteiger charge is 2.75. The fraction of sp³-hybridized carbons (Fsp3) is 1.00. The molecule has 3 aliphatic heterocycles. The molecule has 3 fully saturated rings. The van der Waals surface area contributed by atoms with E-state index in [1.165, 1.54) is 41.7 Å². The summed E-state index contributed by atoms with van der Waals surface area (Å²) < 4.78 is 37.3. The van der Waals surface area contributed by atoms with Crippen LogP contribution in [-0.4, -0.2) is 156 Å². The second kappa shape index (κ2) is 12.7. The van der Waals surface area contributed by atoms with Gasteiger partial charge in [0.2, 0.25) is 0 Å². The maximum absolute atomic E-state index is 12.4. The van der Waals surface area contributed by atoms with E-state index < -0.39 is 97.9 Å². The molecule has 0 bridgehead atoms. The van der Waals surface area contributed by atoms with Crippen LogP contribution in [0.1, 0.15) is 104 Å². The largest absolute Gasteiger partial charge is 0.393 e. The first-order valence-electron chi connectivity index (χ1n) is 17.8. The van der Waals surface area contributed by atoms with Crippen LogP contribution in [0, 0.1) is 16.2 Å². The number of methoxy groups -OCH3 is 1. The van der Waals surface area contributed by atoms with Crippen molar-refractivity contribution in [2.75, 3.05) is 46.8 Å². The third kappa shape index (κ3) is 5.72. The minimum Gasteiger partial charge on any atom is -0.393 e. The summed E-state index contributed by atoms with van der Waals surface area (Å²) in [6, 6.07) is 0. The molecular weight excluding hydrogens is 668 g/mol. The third-order valence-electron chi connectivity index (χ3n) is 15.5. The summed E-state index contributed by atoms with van der Waals surface area (Å²) in [6.07, 6.45) is -3.19. The minimum absolute atomic E-state index is 0.0625. The number of ether oxygens (including phenoxy) is 6. The van der Waals surface area contributed by atoms with Crippen LogP contribution in [0.4, 0.5) is 0 Å². The summed E-state index contributed by atoms with van der Waals surface area (Å²) in [4.78, 5) is 0. The van der Waals surface area contributed by atoms with Crippen LogP contribution in [0.3, 0.4) is 0 Å². The molecule has 3 rings (SSSR count). The van der Waals surface area contributed by atoms with Crippen LogP contribution in [0.25, 0.3) is 0 Å². The van der Waals surface area contributed by atoms with Gasteiger partial charge in [-0.25, -0.2) is 0 Å². The summed E-state index contributed by atoms with van der Waals surface area (Å²) in [6.45, 7) is 22.6. The number of aliphatic hydroxyl groups is 8. The van der Waals surface area contributed by atoms with Gasteiger partial charge in [-0.1, -0.05) is 34.6 Å². The lowest BCUT2D eigenvalue weighted by Crippen LogP contribution is -2.83. The molecule has 8 N–H and O–H groups in total. The molecule has 302 valence electrons. The summed E-state index contributed by atoms with van der Waals surface area (Å²) in [5, 5.41) is 90.8. The molecule has 0 radical (unpaired) electrons. The Morgan fingerprint density at radius 1 is 0.529 bits per heavy atom. The monoisotopic (exact) mass is 738 g/mol. The van der Waals surface area contributed by atoms with Crippen LogP contribution in [0.15, 0.2) is 0 Å². The molecule has 3 heterocycles. The fourth-order valence-electron chi connectivity index (χ4n) is 8.74. The first-order valence-corrected chi connectivity index (χ1v) is 17.8. The average molecular weight is 739 g/mol. The molecule has 14 heteroatoms. The van der Waals surface area contributed by atoms with E-state index in [-0.39, 0.29) is 26.4 Å². The van der Waals surface area contributed by atoms with Gasteiger partial charge in [-0.15, -0.1) is 0 Å². The smallest absolute Gasteiger partial charge is 0.189 e. The highest BCUT2D eigenvalue weighted by molar-refractivity contribution is 5.23. The zero-order valence-corrected chi connectivity index (χ0v) is 33.9.